The minimum atomic E-state index is -3.65. The number of aromatic nitrogens is 1. The number of nitrogens with zero attached hydrogens (tertiary/aromatic N) is 3. The average molecular weight is 552 g/mol. The summed E-state index contributed by atoms with van der Waals surface area (Å²) in [6.45, 7) is 0.947. The van der Waals surface area contributed by atoms with E-state index in [0.29, 0.717) is 36.0 Å². The van der Waals surface area contributed by atoms with Gasteiger partial charge >= 0.3 is 0 Å². The Kier molecular flexibility index (Phi) is 7.64. The summed E-state index contributed by atoms with van der Waals surface area (Å²) in [6, 6.07) is 21.9. The fraction of sp³-hybridized carbons (Fsp3) is 0.286. The summed E-state index contributed by atoms with van der Waals surface area (Å²) in [7, 11) is -0.499. The molecule has 4 aromatic rings. The van der Waals surface area contributed by atoms with Gasteiger partial charge in [0, 0.05) is 25.1 Å². The number of rotatable bonds is 8. The van der Waals surface area contributed by atoms with Crippen molar-refractivity contribution in [1.29, 1.82) is 0 Å². The molecule has 0 atom stereocenters. The van der Waals surface area contributed by atoms with Crippen molar-refractivity contribution in [3.8, 4) is 11.5 Å². The molecule has 1 aliphatic heterocycles. The van der Waals surface area contributed by atoms with E-state index in [0.717, 1.165) is 15.8 Å². The van der Waals surface area contributed by atoms with E-state index in [9.17, 15) is 13.2 Å². The molecule has 8 nitrogen and oxygen atoms in total. The molecule has 1 aliphatic rings. The fourth-order valence-corrected chi connectivity index (χ4v) is 7.02. The lowest BCUT2D eigenvalue weighted by molar-refractivity contribution is -0.123. The van der Waals surface area contributed by atoms with Crippen molar-refractivity contribution in [2.45, 2.75) is 24.3 Å². The molecule has 1 fully saturated rings. The molecule has 1 aromatic heterocycles. The molecule has 5 rings (SSSR count). The molecule has 1 saturated heterocycles. The highest BCUT2D eigenvalue weighted by atomic mass is 32.2. The molecule has 1 amide bonds. The molecule has 0 radical (unpaired) electrons. The van der Waals surface area contributed by atoms with Crippen molar-refractivity contribution in [2.75, 3.05) is 32.2 Å². The minimum absolute atomic E-state index is 0.0404. The third-order valence-corrected chi connectivity index (χ3v) is 9.74. The molecule has 0 aliphatic carbocycles. The summed E-state index contributed by atoms with van der Waals surface area (Å²) in [4.78, 5) is 20.6. The largest absolute Gasteiger partial charge is 0.497 e. The molecule has 38 heavy (non-hydrogen) atoms. The molecule has 0 bridgehead atoms. The second-order valence-corrected chi connectivity index (χ2v) is 12.0. The molecular formula is C28H29N3O5S2. The third-order valence-electron chi connectivity index (χ3n) is 6.76. The third kappa shape index (κ3) is 5.38. The first kappa shape index (κ1) is 26.1. The van der Waals surface area contributed by atoms with Gasteiger partial charge in [0.05, 0.1) is 35.9 Å². The first-order chi connectivity index (χ1) is 18.4. The summed E-state index contributed by atoms with van der Waals surface area (Å²) in [5.41, 5.74) is 1.77. The number of thiazole rings is 1. The molecule has 198 valence electrons. The Morgan fingerprint density at radius 1 is 0.974 bits per heavy atom. The maximum atomic E-state index is 13.9. The van der Waals surface area contributed by atoms with E-state index >= 15 is 0 Å². The minimum Gasteiger partial charge on any atom is -0.497 e. The van der Waals surface area contributed by atoms with Gasteiger partial charge in [-0.15, -0.1) is 0 Å². The number of sulfonamides is 1. The molecule has 0 spiro atoms. The number of benzene rings is 3. The van der Waals surface area contributed by atoms with Gasteiger partial charge in [-0.2, -0.15) is 4.31 Å². The van der Waals surface area contributed by atoms with E-state index < -0.39 is 10.0 Å². The van der Waals surface area contributed by atoms with Gasteiger partial charge in [0.2, 0.25) is 15.9 Å². The van der Waals surface area contributed by atoms with Crippen LogP contribution >= 0.6 is 11.3 Å². The number of hydrogen-bond donors (Lipinski definition) is 0. The van der Waals surface area contributed by atoms with E-state index in [2.05, 4.69) is 0 Å². The number of anilines is 1. The summed E-state index contributed by atoms with van der Waals surface area (Å²) in [5, 5.41) is 0.621. The lowest BCUT2D eigenvalue weighted by Gasteiger charge is -2.33. The molecule has 3 aromatic carbocycles. The Balaban J connectivity index is 1.36. The maximum Gasteiger partial charge on any atom is 0.243 e. The first-order valence-electron chi connectivity index (χ1n) is 12.3. The quantitative estimate of drug-likeness (QED) is 0.308. The van der Waals surface area contributed by atoms with Crippen molar-refractivity contribution < 1.29 is 22.7 Å². The normalized spacial score (nSPS) is 14.9. The van der Waals surface area contributed by atoms with Crippen LogP contribution in [0, 0.1) is 5.92 Å². The highest BCUT2D eigenvalue weighted by Crippen LogP contribution is 2.34. The van der Waals surface area contributed by atoms with Crippen LogP contribution in [-0.2, 0) is 21.4 Å². The van der Waals surface area contributed by atoms with E-state index in [1.54, 1.807) is 36.3 Å². The Labute approximate surface area is 226 Å². The topological polar surface area (TPSA) is 89.0 Å². The molecule has 2 heterocycles. The Morgan fingerprint density at radius 3 is 2.29 bits per heavy atom. The van der Waals surface area contributed by atoms with Crippen LogP contribution in [0.4, 0.5) is 5.13 Å². The monoisotopic (exact) mass is 551 g/mol. The smallest absolute Gasteiger partial charge is 0.243 e. The van der Waals surface area contributed by atoms with E-state index in [4.69, 9.17) is 14.5 Å². The maximum absolute atomic E-state index is 13.9. The van der Waals surface area contributed by atoms with Crippen molar-refractivity contribution >= 4 is 42.6 Å². The van der Waals surface area contributed by atoms with Gasteiger partial charge in [-0.3, -0.25) is 9.69 Å². The number of hydrogen-bond acceptors (Lipinski definition) is 7. The van der Waals surface area contributed by atoms with Gasteiger partial charge in [0.25, 0.3) is 0 Å². The van der Waals surface area contributed by atoms with Crippen LogP contribution in [0.2, 0.25) is 0 Å². The van der Waals surface area contributed by atoms with Gasteiger partial charge in [-0.25, -0.2) is 13.4 Å². The summed E-state index contributed by atoms with van der Waals surface area (Å²) in [5.74, 6) is 0.963. The summed E-state index contributed by atoms with van der Waals surface area (Å²) in [6.07, 6.45) is 0.885. The van der Waals surface area contributed by atoms with Gasteiger partial charge in [0.1, 0.15) is 11.5 Å². The number of piperidine rings is 1. The first-order valence-corrected chi connectivity index (χ1v) is 14.6. The van der Waals surface area contributed by atoms with Gasteiger partial charge in [-0.1, -0.05) is 41.7 Å². The number of methoxy groups -OCH3 is 2. The zero-order valence-corrected chi connectivity index (χ0v) is 22.9. The van der Waals surface area contributed by atoms with Crippen LogP contribution in [0.25, 0.3) is 10.2 Å². The molecule has 0 saturated carbocycles. The summed E-state index contributed by atoms with van der Waals surface area (Å²) >= 11 is 1.46. The number of carbonyl (C=O) groups is 1. The Hall–Kier alpha value is -3.47. The number of ether oxygens (including phenoxy) is 2. The predicted octanol–water partition coefficient (Wildman–Crippen LogP) is 4.95. The van der Waals surface area contributed by atoms with Crippen LogP contribution in [0.5, 0.6) is 11.5 Å². The predicted molar refractivity (Wildman–Crippen MR) is 148 cm³/mol. The van der Waals surface area contributed by atoms with Crippen LogP contribution in [0.1, 0.15) is 18.4 Å². The van der Waals surface area contributed by atoms with Gasteiger partial charge in [-0.05, 0) is 54.8 Å². The van der Waals surface area contributed by atoms with Crippen LogP contribution in [0.3, 0.4) is 0 Å². The highest BCUT2D eigenvalue weighted by molar-refractivity contribution is 7.89. The van der Waals surface area contributed by atoms with Crippen molar-refractivity contribution in [2.24, 2.45) is 5.92 Å². The highest BCUT2D eigenvalue weighted by Gasteiger charge is 2.35. The second kappa shape index (κ2) is 11.1. The molecular weight excluding hydrogens is 522 g/mol. The van der Waals surface area contributed by atoms with Gasteiger partial charge < -0.3 is 9.47 Å². The van der Waals surface area contributed by atoms with E-state index in [1.165, 1.54) is 22.8 Å². The zero-order valence-electron chi connectivity index (χ0n) is 21.2. The molecule has 10 heteroatoms. The van der Waals surface area contributed by atoms with Crippen LogP contribution in [-0.4, -0.2) is 50.9 Å². The number of carbonyl (C=O) groups excluding carboxylic acids is 1. The number of fused-ring (bicyclic) bond motifs is 1. The Bertz CT molecular complexity index is 1510. The Morgan fingerprint density at radius 2 is 1.63 bits per heavy atom. The standard InChI is InChI=1S/C28H29N3O5S2/c1-35-22-8-11-24(12-9-22)38(33,34)30-16-14-21(15-17-30)27(32)31(19-20-6-4-3-5-7-20)28-29-25-18-23(36-2)10-13-26(25)37-28/h3-13,18,21H,14-17,19H2,1-2H3. The number of amides is 1. The van der Waals surface area contributed by atoms with Gasteiger partial charge in [0.15, 0.2) is 5.13 Å². The van der Waals surface area contributed by atoms with E-state index in [-0.39, 0.29) is 29.8 Å². The fourth-order valence-electron chi connectivity index (χ4n) is 4.60. The lowest BCUT2D eigenvalue weighted by Crippen LogP contribution is -2.44. The van der Waals surface area contributed by atoms with Crippen LogP contribution < -0.4 is 14.4 Å². The van der Waals surface area contributed by atoms with Crippen molar-refractivity contribution in [3.05, 3.63) is 78.4 Å². The van der Waals surface area contributed by atoms with Crippen molar-refractivity contribution in [3.63, 3.8) is 0 Å². The lowest BCUT2D eigenvalue weighted by atomic mass is 9.96. The molecule has 0 N–H and O–H groups in total. The second-order valence-electron chi connectivity index (χ2n) is 9.09. The summed E-state index contributed by atoms with van der Waals surface area (Å²) < 4.78 is 39.3. The van der Waals surface area contributed by atoms with Crippen LogP contribution in [0.15, 0.2) is 77.7 Å². The zero-order chi connectivity index (χ0) is 26.7. The molecule has 0 unspecified atom stereocenters. The van der Waals surface area contributed by atoms with Crippen molar-refractivity contribution in [1.82, 2.24) is 9.29 Å². The van der Waals surface area contributed by atoms with E-state index in [1.807, 2.05) is 48.5 Å². The SMILES string of the molecule is COc1ccc(S(=O)(=O)N2CCC(C(=O)N(Cc3ccccc3)c3nc4cc(OC)ccc4s3)CC2)cc1. The average Bonchev–Trinajstić information content (AvgIpc) is 3.39.